The average molecular weight is 388 g/mol. The van der Waals surface area contributed by atoms with Crippen LogP contribution in [0.1, 0.15) is 5.56 Å². The lowest BCUT2D eigenvalue weighted by atomic mass is 10.2. The van der Waals surface area contributed by atoms with E-state index in [9.17, 15) is 4.79 Å². The van der Waals surface area contributed by atoms with Gasteiger partial charge in [-0.2, -0.15) is 5.10 Å². The molecule has 104 valence electrons. The summed E-state index contributed by atoms with van der Waals surface area (Å²) in [6, 6.07) is 6.04. The zero-order chi connectivity index (χ0) is 14.1. The molecule has 0 aliphatic carbocycles. The van der Waals surface area contributed by atoms with E-state index in [0.717, 1.165) is 27.5 Å². The number of amides is 1. The third-order valence-electron chi connectivity index (χ3n) is 2.98. The first-order chi connectivity index (χ1) is 9.63. The molecule has 0 spiro atoms. The quantitative estimate of drug-likeness (QED) is 0.644. The Kier molecular flexibility index (Phi) is 4.25. The number of halogens is 1. The predicted octanol–water partition coefficient (Wildman–Crippen LogP) is 3.64. The van der Waals surface area contributed by atoms with Crippen molar-refractivity contribution in [3.8, 4) is 0 Å². The van der Waals surface area contributed by atoms with Crippen LogP contribution in [0, 0.1) is 3.95 Å². The van der Waals surface area contributed by atoms with Gasteiger partial charge in [0.1, 0.15) is 0 Å². The molecule has 3 rings (SSSR count). The molecule has 0 saturated carbocycles. The summed E-state index contributed by atoms with van der Waals surface area (Å²) in [6.45, 7) is 0.751. The van der Waals surface area contributed by atoms with Crippen LogP contribution in [-0.4, -0.2) is 28.4 Å². The summed E-state index contributed by atoms with van der Waals surface area (Å²) in [5.41, 5.74) is 2.24. The van der Waals surface area contributed by atoms with Gasteiger partial charge in [0.25, 0.3) is 0 Å². The standard InChI is InChI=1S/C12H10BrN3OS3/c13-8-1-2-9-7(5-8)3-4-16(9)10(17)6-19-12-15-14-11(18)20-12/h1-2,5H,3-4,6H2,(H,14,18). The highest BCUT2D eigenvalue weighted by Gasteiger charge is 2.24. The van der Waals surface area contributed by atoms with Gasteiger partial charge < -0.3 is 4.90 Å². The summed E-state index contributed by atoms with van der Waals surface area (Å²) < 4.78 is 2.49. The molecule has 4 nitrogen and oxygen atoms in total. The SMILES string of the molecule is O=C(CSc1n[nH]c(=S)s1)N1CCc2cc(Br)ccc21. The number of carbonyl (C=O) groups is 1. The highest BCUT2D eigenvalue weighted by molar-refractivity contribution is 9.10. The minimum absolute atomic E-state index is 0.109. The zero-order valence-corrected chi connectivity index (χ0v) is 14.3. The van der Waals surface area contributed by atoms with E-state index in [1.807, 2.05) is 17.0 Å². The normalized spacial score (nSPS) is 13.6. The van der Waals surface area contributed by atoms with Crippen LogP contribution in [0.5, 0.6) is 0 Å². The van der Waals surface area contributed by atoms with Gasteiger partial charge in [-0.3, -0.25) is 9.89 Å². The number of H-pyrrole nitrogens is 1. The van der Waals surface area contributed by atoms with Gasteiger partial charge in [-0.25, -0.2) is 0 Å². The van der Waals surface area contributed by atoms with Crippen molar-refractivity contribution >= 4 is 62.8 Å². The van der Waals surface area contributed by atoms with Gasteiger partial charge in [-0.15, -0.1) is 0 Å². The van der Waals surface area contributed by atoms with E-state index in [1.165, 1.54) is 28.7 Å². The molecule has 1 N–H and O–H groups in total. The van der Waals surface area contributed by atoms with Crippen LogP contribution in [0.2, 0.25) is 0 Å². The van der Waals surface area contributed by atoms with Crippen molar-refractivity contribution in [2.45, 2.75) is 10.8 Å². The van der Waals surface area contributed by atoms with E-state index in [-0.39, 0.29) is 5.91 Å². The number of hydrogen-bond acceptors (Lipinski definition) is 5. The molecular formula is C12H10BrN3OS3. The molecule has 20 heavy (non-hydrogen) atoms. The second-order valence-corrected chi connectivity index (χ2v) is 8.04. The molecule has 2 heterocycles. The third-order valence-corrected chi connectivity index (χ3v) is 5.69. The number of hydrogen-bond donors (Lipinski definition) is 1. The summed E-state index contributed by atoms with van der Waals surface area (Å²) in [5.74, 6) is 0.489. The van der Waals surface area contributed by atoms with Crippen molar-refractivity contribution in [1.82, 2.24) is 10.2 Å². The fourth-order valence-corrected chi connectivity index (χ4v) is 4.47. The summed E-state index contributed by atoms with van der Waals surface area (Å²) in [7, 11) is 0. The van der Waals surface area contributed by atoms with Crippen molar-refractivity contribution in [3.63, 3.8) is 0 Å². The van der Waals surface area contributed by atoms with Crippen LogP contribution in [0.15, 0.2) is 27.0 Å². The average Bonchev–Trinajstić information content (AvgIpc) is 3.01. The van der Waals surface area contributed by atoms with Crippen molar-refractivity contribution < 1.29 is 4.79 Å². The number of thioether (sulfide) groups is 1. The van der Waals surface area contributed by atoms with Crippen LogP contribution in [0.25, 0.3) is 0 Å². The van der Waals surface area contributed by atoms with Gasteiger partial charge in [-0.1, -0.05) is 39.0 Å². The molecule has 0 unspecified atom stereocenters. The Labute approximate surface area is 137 Å². The van der Waals surface area contributed by atoms with Gasteiger partial charge >= 0.3 is 0 Å². The number of aromatic nitrogens is 2. The molecule has 1 amide bonds. The Morgan fingerprint density at radius 2 is 2.45 bits per heavy atom. The minimum atomic E-state index is 0.109. The third kappa shape index (κ3) is 2.98. The summed E-state index contributed by atoms with van der Waals surface area (Å²) >= 11 is 11.2. The number of rotatable bonds is 3. The van der Waals surface area contributed by atoms with E-state index < -0.39 is 0 Å². The molecule has 1 aliphatic heterocycles. The molecule has 2 aromatic rings. The molecule has 0 atom stereocenters. The topological polar surface area (TPSA) is 49.0 Å². The van der Waals surface area contributed by atoms with E-state index in [0.29, 0.717) is 9.71 Å². The van der Waals surface area contributed by atoms with Crippen LogP contribution >= 0.6 is 51.2 Å². The molecule has 0 saturated heterocycles. The number of nitrogens with zero attached hydrogens (tertiary/aromatic N) is 2. The van der Waals surface area contributed by atoms with E-state index in [2.05, 4.69) is 32.2 Å². The van der Waals surface area contributed by atoms with Crippen molar-refractivity contribution in [3.05, 3.63) is 32.2 Å². The largest absolute Gasteiger partial charge is 0.311 e. The van der Waals surface area contributed by atoms with Gasteiger partial charge in [0.15, 0.2) is 8.29 Å². The Morgan fingerprint density at radius 3 is 3.20 bits per heavy atom. The molecule has 0 bridgehead atoms. The molecule has 1 aliphatic rings. The predicted molar refractivity (Wildman–Crippen MR) is 88.2 cm³/mol. The minimum Gasteiger partial charge on any atom is -0.311 e. The Hall–Kier alpha value is -0.700. The number of aromatic amines is 1. The Balaban J connectivity index is 1.69. The number of anilines is 1. The van der Waals surface area contributed by atoms with Crippen molar-refractivity contribution in [1.29, 1.82) is 0 Å². The van der Waals surface area contributed by atoms with Crippen LogP contribution in [-0.2, 0) is 11.2 Å². The lowest BCUT2D eigenvalue weighted by Gasteiger charge is -2.16. The second-order valence-electron chi connectivity index (χ2n) is 4.24. The highest BCUT2D eigenvalue weighted by atomic mass is 79.9. The smallest absolute Gasteiger partial charge is 0.237 e. The summed E-state index contributed by atoms with van der Waals surface area (Å²) in [4.78, 5) is 14.2. The van der Waals surface area contributed by atoms with E-state index >= 15 is 0 Å². The monoisotopic (exact) mass is 387 g/mol. The van der Waals surface area contributed by atoms with Gasteiger partial charge in [-0.05, 0) is 42.4 Å². The number of nitrogens with one attached hydrogen (secondary N) is 1. The number of fused-ring (bicyclic) bond motifs is 1. The van der Waals surface area contributed by atoms with Gasteiger partial charge in [0, 0.05) is 16.7 Å². The lowest BCUT2D eigenvalue weighted by Crippen LogP contribution is -2.30. The number of carbonyl (C=O) groups excluding carboxylic acids is 1. The molecule has 0 fully saturated rings. The van der Waals surface area contributed by atoms with E-state index in [1.54, 1.807) is 0 Å². The number of benzene rings is 1. The molecule has 8 heteroatoms. The molecular weight excluding hydrogens is 378 g/mol. The van der Waals surface area contributed by atoms with Crippen LogP contribution < -0.4 is 4.90 Å². The van der Waals surface area contributed by atoms with Crippen molar-refractivity contribution in [2.75, 3.05) is 17.2 Å². The summed E-state index contributed by atoms with van der Waals surface area (Å²) in [6.07, 6.45) is 0.909. The molecule has 1 aromatic heterocycles. The fraction of sp³-hybridized carbons (Fsp3) is 0.250. The van der Waals surface area contributed by atoms with Crippen LogP contribution in [0.4, 0.5) is 5.69 Å². The summed E-state index contributed by atoms with van der Waals surface area (Å²) in [5, 5.41) is 6.76. The Bertz CT molecular complexity index is 712. The maximum atomic E-state index is 12.3. The lowest BCUT2D eigenvalue weighted by molar-refractivity contribution is -0.116. The molecule has 0 radical (unpaired) electrons. The first-order valence-corrected chi connectivity index (χ1v) is 8.91. The van der Waals surface area contributed by atoms with Gasteiger partial charge in [0.05, 0.1) is 5.75 Å². The van der Waals surface area contributed by atoms with Crippen molar-refractivity contribution in [2.24, 2.45) is 0 Å². The molecule has 1 aromatic carbocycles. The first-order valence-electron chi connectivity index (χ1n) is 5.90. The fourth-order valence-electron chi connectivity index (χ4n) is 2.11. The van der Waals surface area contributed by atoms with Gasteiger partial charge in [0.2, 0.25) is 5.91 Å². The highest BCUT2D eigenvalue weighted by Crippen LogP contribution is 2.31. The maximum absolute atomic E-state index is 12.3. The van der Waals surface area contributed by atoms with E-state index in [4.69, 9.17) is 12.2 Å². The Morgan fingerprint density at radius 1 is 1.60 bits per heavy atom. The van der Waals surface area contributed by atoms with Crippen LogP contribution in [0.3, 0.4) is 0 Å². The maximum Gasteiger partial charge on any atom is 0.237 e. The second kappa shape index (κ2) is 5.97. The zero-order valence-electron chi connectivity index (χ0n) is 10.3. The first kappa shape index (κ1) is 14.2.